The van der Waals surface area contributed by atoms with E-state index >= 15 is 0 Å². The molecule has 0 bridgehead atoms. The number of rotatable bonds is 2. The lowest BCUT2D eigenvalue weighted by Gasteiger charge is -2.29. The second-order valence-corrected chi connectivity index (χ2v) is 4.48. The summed E-state index contributed by atoms with van der Waals surface area (Å²) in [5.41, 5.74) is 1.34. The Bertz CT molecular complexity index is 284. The molecule has 0 radical (unpaired) electrons. The maximum atomic E-state index is 4.19. The second-order valence-electron chi connectivity index (χ2n) is 4.48. The van der Waals surface area contributed by atoms with E-state index in [1.54, 1.807) is 0 Å². The minimum Gasteiger partial charge on any atom is -0.299 e. The standard InChI is InChI=1S/C11H19N3/c1-10-3-5-14(6-4-10)9-11-7-12-13(2)8-11/h7-8,10H,3-6,9H2,1-2H3. The van der Waals surface area contributed by atoms with Gasteiger partial charge in [0.15, 0.2) is 0 Å². The summed E-state index contributed by atoms with van der Waals surface area (Å²) in [6, 6.07) is 0. The molecule has 3 nitrogen and oxygen atoms in total. The van der Waals surface area contributed by atoms with E-state index in [-0.39, 0.29) is 0 Å². The molecule has 0 N–H and O–H groups in total. The molecule has 1 aliphatic heterocycles. The van der Waals surface area contributed by atoms with Crippen molar-refractivity contribution in [3.63, 3.8) is 0 Å². The second kappa shape index (κ2) is 4.13. The molecule has 78 valence electrons. The van der Waals surface area contributed by atoms with Crippen LogP contribution in [0.15, 0.2) is 12.4 Å². The first-order valence-corrected chi connectivity index (χ1v) is 5.44. The van der Waals surface area contributed by atoms with Gasteiger partial charge in [-0.3, -0.25) is 9.58 Å². The molecule has 0 spiro atoms. The predicted octanol–water partition coefficient (Wildman–Crippen LogP) is 1.65. The highest BCUT2D eigenvalue weighted by Gasteiger charge is 2.15. The van der Waals surface area contributed by atoms with Gasteiger partial charge in [0, 0.05) is 25.4 Å². The van der Waals surface area contributed by atoms with E-state index in [4.69, 9.17) is 0 Å². The molecule has 0 aromatic carbocycles. The highest BCUT2D eigenvalue weighted by Crippen LogP contribution is 2.17. The highest BCUT2D eigenvalue weighted by molar-refractivity contribution is 5.03. The number of likely N-dealkylation sites (tertiary alicyclic amines) is 1. The van der Waals surface area contributed by atoms with E-state index in [0.717, 1.165) is 12.5 Å². The van der Waals surface area contributed by atoms with Crippen LogP contribution in [-0.2, 0) is 13.6 Å². The minimum absolute atomic E-state index is 0.917. The SMILES string of the molecule is CC1CCN(Cc2cnn(C)c2)CC1. The largest absolute Gasteiger partial charge is 0.299 e. The van der Waals surface area contributed by atoms with Crippen LogP contribution < -0.4 is 0 Å². The van der Waals surface area contributed by atoms with Gasteiger partial charge in [-0.2, -0.15) is 5.10 Å². The van der Waals surface area contributed by atoms with Crippen molar-refractivity contribution in [3.05, 3.63) is 18.0 Å². The number of aryl methyl sites for hydroxylation is 1. The van der Waals surface area contributed by atoms with Crippen LogP contribution in [0.3, 0.4) is 0 Å². The minimum atomic E-state index is 0.917. The molecular formula is C11H19N3. The lowest BCUT2D eigenvalue weighted by atomic mass is 9.99. The van der Waals surface area contributed by atoms with E-state index < -0.39 is 0 Å². The molecule has 14 heavy (non-hydrogen) atoms. The van der Waals surface area contributed by atoms with Crippen molar-refractivity contribution in [3.8, 4) is 0 Å². The zero-order valence-electron chi connectivity index (χ0n) is 9.11. The molecule has 1 fully saturated rings. The molecule has 2 heterocycles. The van der Waals surface area contributed by atoms with Crippen LogP contribution in [0.25, 0.3) is 0 Å². The van der Waals surface area contributed by atoms with Gasteiger partial charge >= 0.3 is 0 Å². The van der Waals surface area contributed by atoms with E-state index in [9.17, 15) is 0 Å². The summed E-state index contributed by atoms with van der Waals surface area (Å²) in [6.45, 7) is 5.91. The fourth-order valence-corrected chi connectivity index (χ4v) is 2.03. The van der Waals surface area contributed by atoms with Crippen LogP contribution in [0, 0.1) is 5.92 Å². The van der Waals surface area contributed by atoms with Crippen molar-refractivity contribution in [2.45, 2.75) is 26.3 Å². The molecule has 0 amide bonds. The van der Waals surface area contributed by atoms with E-state index in [0.29, 0.717) is 0 Å². The van der Waals surface area contributed by atoms with E-state index in [2.05, 4.69) is 23.1 Å². The van der Waals surface area contributed by atoms with E-state index in [1.807, 2.05) is 17.9 Å². The molecular weight excluding hydrogens is 174 g/mol. The average Bonchev–Trinajstić information content (AvgIpc) is 2.56. The van der Waals surface area contributed by atoms with Crippen LogP contribution in [-0.4, -0.2) is 27.8 Å². The van der Waals surface area contributed by atoms with Gasteiger partial charge in [0.2, 0.25) is 0 Å². The normalized spacial score (nSPS) is 20.1. The third kappa shape index (κ3) is 2.35. The van der Waals surface area contributed by atoms with E-state index in [1.165, 1.54) is 31.5 Å². The van der Waals surface area contributed by atoms with Gasteiger partial charge in [0.05, 0.1) is 6.20 Å². The maximum Gasteiger partial charge on any atom is 0.0534 e. The van der Waals surface area contributed by atoms with Crippen molar-refractivity contribution in [2.24, 2.45) is 13.0 Å². The third-order valence-electron chi connectivity index (χ3n) is 3.04. The summed E-state index contributed by atoms with van der Waals surface area (Å²) in [6.07, 6.45) is 6.77. The van der Waals surface area contributed by atoms with Crippen LogP contribution in [0.1, 0.15) is 25.3 Å². The molecule has 1 aromatic heterocycles. The lowest BCUT2D eigenvalue weighted by Crippen LogP contribution is -2.32. The quantitative estimate of drug-likeness (QED) is 0.712. The Morgan fingerprint density at radius 2 is 2.14 bits per heavy atom. The van der Waals surface area contributed by atoms with Crippen molar-refractivity contribution >= 4 is 0 Å². The first-order chi connectivity index (χ1) is 6.74. The van der Waals surface area contributed by atoms with Gasteiger partial charge in [-0.05, 0) is 31.8 Å². The van der Waals surface area contributed by atoms with Crippen LogP contribution in [0.4, 0.5) is 0 Å². The Labute approximate surface area is 85.7 Å². The van der Waals surface area contributed by atoms with Gasteiger partial charge in [-0.15, -0.1) is 0 Å². The Morgan fingerprint density at radius 3 is 2.71 bits per heavy atom. The first-order valence-electron chi connectivity index (χ1n) is 5.44. The summed E-state index contributed by atoms with van der Waals surface area (Å²) < 4.78 is 1.88. The number of aromatic nitrogens is 2. The predicted molar refractivity (Wildman–Crippen MR) is 56.9 cm³/mol. The number of hydrogen-bond donors (Lipinski definition) is 0. The summed E-state index contributed by atoms with van der Waals surface area (Å²) >= 11 is 0. The van der Waals surface area contributed by atoms with Crippen molar-refractivity contribution in [1.82, 2.24) is 14.7 Å². The third-order valence-corrected chi connectivity index (χ3v) is 3.04. The number of nitrogens with zero attached hydrogens (tertiary/aromatic N) is 3. The van der Waals surface area contributed by atoms with Crippen molar-refractivity contribution in [2.75, 3.05) is 13.1 Å². The molecule has 1 aromatic rings. The van der Waals surface area contributed by atoms with Gasteiger partial charge in [-0.1, -0.05) is 6.92 Å². The molecule has 2 rings (SSSR count). The highest BCUT2D eigenvalue weighted by atomic mass is 15.2. The van der Waals surface area contributed by atoms with Gasteiger partial charge in [-0.25, -0.2) is 0 Å². The van der Waals surface area contributed by atoms with Gasteiger partial charge in [0.1, 0.15) is 0 Å². The summed E-state index contributed by atoms with van der Waals surface area (Å²) in [5.74, 6) is 0.917. The molecule has 1 aliphatic rings. The summed E-state index contributed by atoms with van der Waals surface area (Å²) in [4.78, 5) is 2.52. The van der Waals surface area contributed by atoms with Gasteiger partial charge in [0.25, 0.3) is 0 Å². The molecule has 0 saturated carbocycles. The molecule has 0 aliphatic carbocycles. The molecule has 3 heteroatoms. The Hall–Kier alpha value is -0.830. The molecule has 0 unspecified atom stereocenters. The van der Waals surface area contributed by atoms with Crippen LogP contribution in [0.2, 0.25) is 0 Å². The maximum absolute atomic E-state index is 4.19. The fraction of sp³-hybridized carbons (Fsp3) is 0.727. The Balaban J connectivity index is 1.86. The number of piperidine rings is 1. The van der Waals surface area contributed by atoms with Crippen molar-refractivity contribution < 1.29 is 0 Å². The zero-order chi connectivity index (χ0) is 9.97. The Morgan fingerprint density at radius 1 is 1.43 bits per heavy atom. The van der Waals surface area contributed by atoms with Crippen LogP contribution >= 0.6 is 0 Å². The zero-order valence-corrected chi connectivity index (χ0v) is 9.11. The summed E-state index contributed by atoms with van der Waals surface area (Å²) in [5, 5.41) is 4.19. The van der Waals surface area contributed by atoms with Crippen LogP contribution in [0.5, 0.6) is 0 Å². The molecule has 1 saturated heterocycles. The topological polar surface area (TPSA) is 21.1 Å². The smallest absolute Gasteiger partial charge is 0.0534 e. The average molecular weight is 193 g/mol. The Kier molecular flexibility index (Phi) is 2.87. The lowest BCUT2D eigenvalue weighted by molar-refractivity contribution is 0.185. The molecule has 0 atom stereocenters. The monoisotopic (exact) mass is 193 g/mol. The first kappa shape index (κ1) is 9.71. The summed E-state index contributed by atoms with van der Waals surface area (Å²) in [7, 11) is 1.97. The van der Waals surface area contributed by atoms with Crippen molar-refractivity contribution in [1.29, 1.82) is 0 Å². The van der Waals surface area contributed by atoms with Gasteiger partial charge < -0.3 is 0 Å². The fourth-order valence-electron chi connectivity index (χ4n) is 2.03. The number of hydrogen-bond acceptors (Lipinski definition) is 2.